The number of aryl methyl sites for hydroxylation is 2. The molecule has 4 heteroatoms. The molecule has 0 fully saturated rings. The van der Waals surface area contributed by atoms with Gasteiger partial charge in [-0.1, -0.05) is 18.2 Å². The lowest BCUT2D eigenvalue weighted by Crippen LogP contribution is -2.19. The molecule has 0 amide bonds. The third kappa shape index (κ3) is 3.76. The van der Waals surface area contributed by atoms with Crippen LogP contribution in [0, 0.1) is 19.7 Å². The molecule has 0 saturated heterocycles. The zero-order chi connectivity index (χ0) is 13.8. The average molecular weight is 274 g/mol. The van der Waals surface area contributed by atoms with Gasteiger partial charge in [-0.15, -0.1) is 0 Å². The highest BCUT2D eigenvalue weighted by Crippen LogP contribution is 2.17. The second kappa shape index (κ2) is 5.80. The number of hydrogen-bond donors (Lipinski definition) is 2. The van der Waals surface area contributed by atoms with Crippen LogP contribution in [0.3, 0.4) is 0 Å². The maximum atomic E-state index is 13.2. The van der Waals surface area contributed by atoms with Crippen LogP contribution in [0.4, 0.5) is 15.8 Å². The molecule has 2 aromatic rings. The summed E-state index contributed by atoms with van der Waals surface area (Å²) in [7, 11) is 0. The van der Waals surface area contributed by atoms with Gasteiger partial charge in [-0.2, -0.15) is 0 Å². The minimum Gasteiger partial charge on any atom is -0.332 e. The largest absolute Gasteiger partial charge is 0.332 e. The van der Waals surface area contributed by atoms with Crippen molar-refractivity contribution < 1.29 is 4.39 Å². The van der Waals surface area contributed by atoms with E-state index in [4.69, 9.17) is 12.2 Å². The Morgan fingerprint density at radius 3 is 2.58 bits per heavy atom. The van der Waals surface area contributed by atoms with Crippen LogP contribution in [0.1, 0.15) is 11.1 Å². The average Bonchev–Trinajstić information content (AvgIpc) is 2.34. The van der Waals surface area contributed by atoms with Crippen LogP contribution in [0.25, 0.3) is 0 Å². The molecule has 2 aromatic carbocycles. The van der Waals surface area contributed by atoms with Gasteiger partial charge in [0.05, 0.1) is 0 Å². The number of hydrogen-bond acceptors (Lipinski definition) is 1. The monoisotopic (exact) mass is 274 g/mol. The van der Waals surface area contributed by atoms with Crippen molar-refractivity contribution in [1.29, 1.82) is 0 Å². The summed E-state index contributed by atoms with van der Waals surface area (Å²) in [5.74, 6) is -0.286. The summed E-state index contributed by atoms with van der Waals surface area (Å²) in [6.07, 6.45) is 0. The number of rotatable bonds is 2. The smallest absolute Gasteiger partial charge is 0.175 e. The predicted molar refractivity (Wildman–Crippen MR) is 82.2 cm³/mol. The molecule has 0 aliphatic rings. The van der Waals surface area contributed by atoms with E-state index in [0.717, 1.165) is 16.8 Å². The summed E-state index contributed by atoms with van der Waals surface area (Å²) in [4.78, 5) is 0. The van der Waals surface area contributed by atoms with E-state index in [1.54, 1.807) is 6.07 Å². The quantitative estimate of drug-likeness (QED) is 0.800. The Bertz CT molecular complexity index is 611. The third-order valence-electron chi connectivity index (χ3n) is 2.72. The first kappa shape index (κ1) is 13.5. The maximum Gasteiger partial charge on any atom is 0.175 e. The molecule has 0 spiro atoms. The van der Waals surface area contributed by atoms with E-state index in [2.05, 4.69) is 10.6 Å². The van der Waals surface area contributed by atoms with E-state index >= 15 is 0 Å². The van der Waals surface area contributed by atoms with Crippen molar-refractivity contribution in [3.8, 4) is 0 Å². The molecular formula is C15H15FN2S. The van der Waals surface area contributed by atoms with Gasteiger partial charge in [-0.25, -0.2) is 4.39 Å². The first-order chi connectivity index (χ1) is 9.04. The van der Waals surface area contributed by atoms with Crippen LogP contribution in [-0.4, -0.2) is 5.11 Å². The minimum absolute atomic E-state index is 0.286. The fourth-order valence-corrected chi connectivity index (χ4v) is 1.96. The Hall–Kier alpha value is -1.94. The number of thiocarbonyl (C=S) groups is 1. The molecule has 0 bridgehead atoms. The van der Waals surface area contributed by atoms with Crippen molar-refractivity contribution >= 4 is 28.7 Å². The second-order valence-electron chi connectivity index (χ2n) is 4.41. The molecule has 0 atom stereocenters. The molecule has 0 heterocycles. The Morgan fingerprint density at radius 2 is 1.84 bits per heavy atom. The topological polar surface area (TPSA) is 24.1 Å². The molecule has 0 radical (unpaired) electrons. The van der Waals surface area contributed by atoms with E-state index in [9.17, 15) is 4.39 Å². The summed E-state index contributed by atoms with van der Waals surface area (Å²) >= 11 is 5.22. The molecule has 0 aliphatic carbocycles. The summed E-state index contributed by atoms with van der Waals surface area (Å²) in [5, 5.41) is 6.52. The second-order valence-corrected chi connectivity index (χ2v) is 4.82. The van der Waals surface area contributed by atoms with Crippen LogP contribution >= 0.6 is 12.2 Å². The lowest BCUT2D eigenvalue weighted by atomic mass is 10.2. The fourth-order valence-electron chi connectivity index (χ4n) is 1.74. The number of nitrogens with one attached hydrogen (secondary N) is 2. The molecular weight excluding hydrogens is 259 g/mol. The number of halogens is 1. The lowest BCUT2D eigenvalue weighted by Gasteiger charge is -2.13. The summed E-state index contributed by atoms with van der Waals surface area (Å²) in [5.41, 5.74) is 3.67. The standard InChI is InChI=1S/C15H15FN2S/c1-10-4-3-5-13(8-10)17-15(19)18-14-9-12(16)7-6-11(14)2/h3-9H,1-2H3,(H2,17,18,19). The van der Waals surface area contributed by atoms with Crippen LogP contribution < -0.4 is 10.6 Å². The van der Waals surface area contributed by atoms with E-state index in [1.807, 2.05) is 38.1 Å². The maximum absolute atomic E-state index is 13.2. The van der Waals surface area contributed by atoms with Gasteiger partial charge in [0.2, 0.25) is 0 Å². The van der Waals surface area contributed by atoms with Crippen molar-refractivity contribution in [3.05, 3.63) is 59.4 Å². The fraction of sp³-hybridized carbons (Fsp3) is 0.133. The van der Waals surface area contributed by atoms with Gasteiger partial charge >= 0.3 is 0 Å². The lowest BCUT2D eigenvalue weighted by molar-refractivity contribution is 0.628. The molecule has 0 saturated carbocycles. The Morgan fingerprint density at radius 1 is 1.05 bits per heavy atom. The van der Waals surface area contributed by atoms with Crippen LogP contribution in [0.2, 0.25) is 0 Å². The molecule has 0 unspecified atom stereocenters. The minimum atomic E-state index is -0.286. The number of benzene rings is 2. The highest BCUT2D eigenvalue weighted by Gasteiger charge is 2.03. The van der Waals surface area contributed by atoms with Gasteiger partial charge in [0, 0.05) is 11.4 Å². The first-order valence-electron chi connectivity index (χ1n) is 5.95. The highest BCUT2D eigenvalue weighted by atomic mass is 32.1. The van der Waals surface area contributed by atoms with Gasteiger partial charge in [0.15, 0.2) is 5.11 Å². The molecule has 19 heavy (non-hydrogen) atoms. The van der Waals surface area contributed by atoms with Crippen LogP contribution in [-0.2, 0) is 0 Å². The zero-order valence-corrected chi connectivity index (χ0v) is 11.6. The molecule has 98 valence electrons. The van der Waals surface area contributed by atoms with E-state index < -0.39 is 0 Å². The summed E-state index contributed by atoms with van der Waals surface area (Å²) in [6, 6.07) is 12.5. The molecule has 2 N–H and O–H groups in total. The molecule has 0 aliphatic heterocycles. The zero-order valence-electron chi connectivity index (χ0n) is 10.8. The SMILES string of the molecule is Cc1cccc(NC(=S)Nc2cc(F)ccc2C)c1. The summed E-state index contributed by atoms with van der Waals surface area (Å²) in [6.45, 7) is 3.91. The van der Waals surface area contributed by atoms with Gasteiger partial charge in [-0.05, 0) is 61.5 Å². The van der Waals surface area contributed by atoms with Crippen molar-refractivity contribution in [2.75, 3.05) is 10.6 Å². The third-order valence-corrected chi connectivity index (χ3v) is 2.93. The van der Waals surface area contributed by atoms with Crippen molar-refractivity contribution in [2.45, 2.75) is 13.8 Å². The van der Waals surface area contributed by atoms with Crippen molar-refractivity contribution in [3.63, 3.8) is 0 Å². The molecule has 2 nitrogen and oxygen atoms in total. The normalized spacial score (nSPS) is 10.1. The van der Waals surface area contributed by atoms with E-state index in [0.29, 0.717) is 10.8 Å². The Balaban J connectivity index is 2.07. The van der Waals surface area contributed by atoms with E-state index in [1.165, 1.54) is 12.1 Å². The molecule has 0 aromatic heterocycles. The van der Waals surface area contributed by atoms with Gasteiger partial charge in [0.1, 0.15) is 5.82 Å². The first-order valence-corrected chi connectivity index (χ1v) is 6.36. The predicted octanol–water partition coefficient (Wildman–Crippen LogP) is 4.25. The Kier molecular flexibility index (Phi) is 4.12. The van der Waals surface area contributed by atoms with Gasteiger partial charge in [-0.3, -0.25) is 0 Å². The van der Waals surface area contributed by atoms with Gasteiger partial charge in [0.25, 0.3) is 0 Å². The van der Waals surface area contributed by atoms with Crippen LogP contribution in [0.15, 0.2) is 42.5 Å². The van der Waals surface area contributed by atoms with Crippen molar-refractivity contribution in [2.24, 2.45) is 0 Å². The molecule has 2 rings (SSSR count). The van der Waals surface area contributed by atoms with Crippen molar-refractivity contribution in [1.82, 2.24) is 0 Å². The van der Waals surface area contributed by atoms with E-state index in [-0.39, 0.29) is 5.82 Å². The van der Waals surface area contributed by atoms with Crippen LogP contribution in [0.5, 0.6) is 0 Å². The Labute approximate surface area is 117 Å². The number of anilines is 2. The highest BCUT2D eigenvalue weighted by molar-refractivity contribution is 7.80. The summed E-state index contributed by atoms with van der Waals surface area (Å²) < 4.78 is 13.2. The van der Waals surface area contributed by atoms with Gasteiger partial charge < -0.3 is 10.6 Å².